The predicted octanol–water partition coefficient (Wildman–Crippen LogP) is 5.21. The molecule has 1 aliphatic rings. The fraction of sp³-hybridized carbons (Fsp3) is 0.462. The van der Waals surface area contributed by atoms with Gasteiger partial charge in [-0.3, -0.25) is 9.59 Å². The Labute approximate surface area is 185 Å². The molecule has 166 valence electrons. The number of nitrogens with zero attached hydrogens (tertiary/aromatic N) is 1. The number of para-hydroxylation sites is 2. The van der Waals surface area contributed by atoms with E-state index >= 15 is 0 Å². The molecular formula is C26H33NO4. The van der Waals surface area contributed by atoms with Crippen LogP contribution in [0.2, 0.25) is 0 Å². The molecule has 0 saturated carbocycles. The topological polar surface area (TPSA) is 55.8 Å². The lowest BCUT2D eigenvalue weighted by Gasteiger charge is -2.27. The number of amides is 1. The first-order chi connectivity index (χ1) is 15.0. The Morgan fingerprint density at radius 2 is 1.77 bits per heavy atom. The zero-order chi connectivity index (χ0) is 22.3. The van der Waals surface area contributed by atoms with Gasteiger partial charge in [0.15, 0.2) is 5.78 Å². The molecule has 0 radical (unpaired) electrons. The van der Waals surface area contributed by atoms with Crippen LogP contribution in [-0.2, 0) is 9.53 Å². The van der Waals surface area contributed by atoms with Gasteiger partial charge in [0, 0.05) is 25.3 Å². The maximum atomic E-state index is 13.8. The molecule has 1 heterocycles. The minimum Gasteiger partial charge on any atom is -0.495 e. The molecule has 2 aromatic rings. The van der Waals surface area contributed by atoms with Gasteiger partial charge in [-0.15, -0.1) is 0 Å². The van der Waals surface area contributed by atoms with Gasteiger partial charge in [0.1, 0.15) is 11.2 Å². The molecule has 5 nitrogen and oxygen atoms in total. The van der Waals surface area contributed by atoms with Crippen molar-refractivity contribution < 1.29 is 19.1 Å². The zero-order valence-electron chi connectivity index (χ0n) is 18.9. The smallest absolute Gasteiger partial charge is 0.241 e. The fourth-order valence-corrected chi connectivity index (χ4v) is 4.21. The summed E-state index contributed by atoms with van der Waals surface area (Å²) in [7, 11) is 1.59. The summed E-state index contributed by atoms with van der Waals surface area (Å²) in [6, 6.07) is 15.0. The van der Waals surface area contributed by atoms with Crippen molar-refractivity contribution in [3.63, 3.8) is 0 Å². The molecule has 3 rings (SSSR count). The Hall–Kier alpha value is -2.66. The van der Waals surface area contributed by atoms with Gasteiger partial charge >= 0.3 is 0 Å². The number of hydrogen-bond acceptors (Lipinski definition) is 4. The van der Waals surface area contributed by atoms with Gasteiger partial charge in [0.2, 0.25) is 5.91 Å². The number of Topliss-reactive ketones (excluding diaryl/α,β-unsaturated/α-hetero) is 1. The highest BCUT2D eigenvalue weighted by atomic mass is 16.5. The number of ether oxygens (including phenoxy) is 2. The highest BCUT2D eigenvalue weighted by Gasteiger charge is 2.52. The van der Waals surface area contributed by atoms with E-state index in [0.29, 0.717) is 49.4 Å². The molecule has 0 unspecified atom stereocenters. The van der Waals surface area contributed by atoms with E-state index < -0.39 is 5.41 Å². The van der Waals surface area contributed by atoms with E-state index in [-0.39, 0.29) is 11.7 Å². The van der Waals surface area contributed by atoms with Crippen molar-refractivity contribution in [1.29, 1.82) is 0 Å². The Bertz CT molecular complexity index is 893. The van der Waals surface area contributed by atoms with Crippen LogP contribution in [0.25, 0.3) is 0 Å². The van der Waals surface area contributed by atoms with Crippen LogP contribution in [0.5, 0.6) is 5.75 Å². The zero-order valence-corrected chi connectivity index (χ0v) is 18.9. The van der Waals surface area contributed by atoms with Crippen molar-refractivity contribution in [2.24, 2.45) is 5.41 Å². The summed E-state index contributed by atoms with van der Waals surface area (Å²) in [4.78, 5) is 29.1. The second kappa shape index (κ2) is 10.6. The molecule has 1 atom stereocenters. The van der Waals surface area contributed by atoms with E-state index in [2.05, 4.69) is 6.92 Å². The van der Waals surface area contributed by atoms with Crippen molar-refractivity contribution in [2.75, 3.05) is 31.8 Å². The van der Waals surface area contributed by atoms with Crippen molar-refractivity contribution >= 4 is 17.4 Å². The number of methoxy groups -OCH3 is 1. The molecule has 1 fully saturated rings. The lowest BCUT2D eigenvalue weighted by Crippen LogP contribution is -2.41. The largest absolute Gasteiger partial charge is 0.495 e. The molecule has 0 N–H and O–H groups in total. The lowest BCUT2D eigenvalue weighted by atomic mass is 9.75. The molecular weight excluding hydrogens is 390 g/mol. The summed E-state index contributed by atoms with van der Waals surface area (Å²) >= 11 is 0. The van der Waals surface area contributed by atoms with Gasteiger partial charge < -0.3 is 14.4 Å². The summed E-state index contributed by atoms with van der Waals surface area (Å²) in [5.74, 6) is 0.400. The van der Waals surface area contributed by atoms with E-state index in [1.807, 2.05) is 55.5 Å². The van der Waals surface area contributed by atoms with Crippen molar-refractivity contribution in [1.82, 2.24) is 0 Å². The first-order valence-electron chi connectivity index (χ1n) is 11.2. The first kappa shape index (κ1) is 23.0. The Balaban J connectivity index is 1.86. The molecule has 0 aromatic heterocycles. The van der Waals surface area contributed by atoms with Crippen molar-refractivity contribution in [3.8, 4) is 5.75 Å². The number of carbonyl (C=O) groups excluding carboxylic acids is 2. The van der Waals surface area contributed by atoms with Crippen molar-refractivity contribution in [3.05, 3.63) is 59.7 Å². The van der Waals surface area contributed by atoms with E-state index in [4.69, 9.17) is 9.47 Å². The normalized spacial score (nSPS) is 18.4. The van der Waals surface area contributed by atoms with E-state index in [9.17, 15) is 9.59 Å². The van der Waals surface area contributed by atoms with Gasteiger partial charge in [-0.05, 0) is 44.7 Å². The standard InChI is InChI=1S/C26H33NO4/c1-4-5-18-31-19-8-15-26(24(28)21-13-11-20(2)12-14-21)16-17-27(25(26)29)22-9-6-7-10-23(22)30-3/h6-7,9-14H,4-5,8,15-19H2,1-3H3/t26-/m0/s1. The van der Waals surface area contributed by atoms with Crippen molar-refractivity contribution in [2.45, 2.75) is 46.0 Å². The van der Waals surface area contributed by atoms with E-state index in [0.717, 1.165) is 25.0 Å². The molecule has 5 heteroatoms. The third-order valence-corrected chi connectivity index (χ3v) is 6.08. The number of ketones is 1. The van der Waals surface area contributed by atoms with Crippen LogP contribution in [-0.4, -0.2) is 38.6 Å². The second-order valence-electron chi connectivity index (χ2n) is 8.23. The minimum absolute atomic E-state index is 0.0940. The number of unbranched alkanes of at least 4 members (excludes halogenated alkanes) is 1. The van der Waals surface area contributed by atoms with Crippen LogP contribution in [0.15, 0.2) is 48.5 Å². The summed E-state index contributed by atoms with van der Waals surface area (Å²) < 4.78 is 11.2. The third kappa shape index (κ3) is 4.99. The maximum absolute atomic E-state index is 13.8. The monoisotopic (exact) mass is 423 g/mol. The van der Waals surface area contributed by atoms with Gasteiger partial charge in [-0.1, -0.05) is 55.3 Å². The quantitative estimate of drug-likeness (QED) is 0.283. The number of aryl methyl sites for hydroxylation is 1. The summed E-state index contributed by atoms with van der Waals surface area (Å²) in [6.45, 7) is 5.89. The fourth-order valence-electron chi connectivity index (χ4n) is 4.21. The molecule has 1 amide bonds. The molecule has 31 heavy (non-hydrogen) atoms. The minimum atomic E-state index is -1.07. The average Bonchev–Trinajstić information content (AvgIpc) is 3.13. The number of carbonyl (C=O) groups is 2. The van der Waals surface area contributed by atoms with Crippen LogP contribution >= 0.6 is 0 Å². The highest BCUT2D eigenvalue weighted by Crippen LogP contribution is 2.43. The molecule has 1 saturated heterocycles. The van der Waals surface area contributed by atoms with E-state index in [1.165, 1.54) is 0 Å². The first-order valence-corrected chi connectivity index (χ1v) is 11.2. The number of hydrogen-bond donors (Lipinski definition) is 0. The summed E-state index contributed by atoms with van der Waals surface area (Å²) in [5.41, 5.74) is 1.33. The molecule has 2 aromatic carbocycles. The van der Waals surface area contributed by atoms with Crippen LogP contribution in [0.1, 0.15) is 54.9 Å². The number of benzene rings is 2. The van der Waals surface area contributed by atoms with Crippen LogP contribution in [0.4, 0.5) is 5.69 Å². The third-order valence-electron chi connectivity index (χ3n) is 6.08. The Morgan fingerprint density at radius 3 is 2.48 bits per heavy atom. The Kier molecular flexibility index (Phi) is 7.85. The molecule has 0 spiro atoms. The average molecular weight is 424 g/mol. The summed E-state index contributed by atoms with van der Waals surface area (Å²) in [6.07, 6.45) is 3.75. The Morgan fingerprint density at radius 1 is 1.06 bits per heavy atom. The van der Waals surface area contributed by atoms with Crippen LogP contribution in [0, 0.1) is 12.3 Å². The molecule has 0 bridgehead atoms. The van der Waals surface area contributed by atoms with E-state index in [1.54, 1.807) is 12.0 Å². The maximum Gasteiger partial charge on any atom is 0.241 e. The molecule has 1 aliphatic heterocycles. The number of anilines is 1. The van der Waals surface area contributed by atoms with Gasteiger partial charge in [-0.25, -0.2) is 0 Å². The lowest BCUT2D eigenvalue weighted by molar-refractivity contribution is -0.123. The van der Waals surface area contributed by atoms with Gasteiger partial charge in [0.05, 0.1) is 12.8 Å². The molecule has 0 aliphatic carbocycles. The number of rotatable bonds is 11. The summed E-state index contributed by atoms with van der Waals surface area (Å²) in [5, 5.41) is 0. The van der Waals surface area contributed by atoms with Crippen LogP contribution < -0.4 is 9.64 Å². The SMILES string of the molecule is CCCCOCCC[C@@]1(C(=O)c2ccc(C)cc2)CCN(c2ccccc2OC)C1=O. The highest BCUT2D eigenvalue weighted by molar-refractivity contribution is 6.19. The second-order valence-corrected chi connectivity index (χ2v) is 8.23. The van der Waals surface area contributed by atoms with Gasteiger partial charge in [-0.2, -0.15) is 0 Å². The van der Waals surface area contributed by atoms with Gasteiger partial charge in [0.25, 0.3) is 0 Å². The predicted molar refractivity (Wildman–Crippen MR) is 123 cm³/mol. The van der Waals surface area contributed by atoms with Crippen LogP contribution in [0.3, 0.4) is 0 Å².